The van der Waals surface area contributed by atoms with Crippen LogP contribution >= 0.6 is 0 Å². The first-order chi connectivity index (χ1) is 9.06. The van der Waals surface area contributed by atoms with Gasteiger partial charge >= 0.3 is 0 Å². The molecular weight excluding hydrogens is 238 g/mol. The highest BCUT2D eigenvalue weighted by molar-refractivity contribution is 5.27. The highest BCUT2D eigenvalue weighted by Crippen LogP contribution is 2.21. The number of aryl methyl sites for hydroxylation is 1. The van der Waals surface area contributed by atoms with E-state index in [0.717, 1.165) is 24.0 Å². The van der Waals surface area contributed by atoms with E-state index in [9.17, 15) is 5.11 Å². The molecule has 106 valence electrons. The Bertz CT molecular complexity index is 397. The van der Waals surface area contributed by atoms with Gasteiger partial charge in [0.25, 0.3) is 0 Å². The minimum atomic E-state index is -0.436. The molecule has 3 unspecified atom stereocenters. The van der Waals surface area contributed by atoms with Gasteiger partial charge in [-0.1, -0.05) is 24.3 Å². The molecule has 1 saturated heterocycles. The molecule has 1 aromatic carbocycles. The molecule has 0 radical (unpaired) electrons. The molecule has 0 aliphatic carbocycles. The van der Waals surface area contributed by atoms with Crippen molar-refractivity contribution in [1.29, 1.82) is 0 Å². The Morgan fingerprint density at radius 3 is 2.53 bits per heavy atom. The maximum absolute atomic E-state index is 10.3. The van der Waals surface area contributed by atoms with E-state index in [1.165, 1.54) is 0 Å². The van der Waals surface area contributed by atoms with Gasteiger partial charge in [0.1, 0.15) is 0 Å². The number of benzene rings is 1. The van der Waals surface area contributed by atoms with Crippen LogP contribution in [0.15, 0.2) is 24.3 Å². The summed E-state index contributed by atoms with van der Waals surface area (Å²) in [7, 11) is 0. The van der Waals surface area contributed by atoms with Crippen molar-refractivity contribution in [3.05, 3.63) is 35.4 Å². The first kappa shape index (κ1) is 14.5. The smallest absolute Gasteiger partial charge is 0.0917 e. The lowest BCUT2D eigenvalue weighted by molar-refractivity contribution is -0.0433. The van der Waals surface area contributed by atoms with Crippen LogP contribution in [0.4, 0.5) is 0 Å². The fourth-order valence-electron chi connectivity index (χ4n) is 2.92. The van der Waals surface area contributed by atoms with E-state index in [-0.39, 0.29) is 0 Å². The first-order valence-electron chi connectivity index (χ1n) is 7.18. The van der Waals surface area contributed by atoms with Crippen molar-refractivity contribution in [2.24, 2.45) is 0 Å². The molecule has 1 aromatic rings. The SMILES string of the molecule is Cc1ccccc1C(O)CNC1CC(C)OC(C)C1. The summed E-state index contributed by atoms with van der Waals surface area (Å²) in [5.74, 6) is 0. The largest absolute Gasteiger partial charge is 0.387 e. The van der Waals surface area contributed by atoms with E-state index in [1.807, 2.05) is 31.2 Å². The zero-order valence-corrected chi connectivity index (χ0v) is 12.1. The molecule has 0 bridgehead atoms. The predicted molar refractivity (Wildman–Crippen MR) is 77.2 cm³/mol. The Balaban J connectivity index is 1.87. The van der Waals surface area contributed by atoms with Crippen molar-refractivity contribution >= 4 is 0 Å². The maximum Gasteiger partial charge on any atom is 0.0917 e. The Labute approximate surface area is 116 Å². The summed E-state index contributed by atoms with van der Waals surface area (Å²) in [6.45, 7) is 6.87. The van der Waals surface area contributed by atoms with E-state index in [1.54, 1.807) is 0 Å². The van der Waals surface area contributed by atoms with E-state index < -0.39 is 6.10 Å². The van der Waals surface area contributed by atoms with E-state index in [4.69, 9.17) is 4.74 Å². The molecule has 3 nitrogen and oxygen atoms in total. The third kappa shape index (κ3) is 4.03. The zero-order chi connectivity index (χ0) is 13.8. The van der Waals surface area contributed by atoms with Gasteiger partial charge in [0.05, 0.1) is 18.3 Å². The predicted octanol–water partition coefficient (Wildman–Crippen LogP) is 2.57. The summed E-state index contributed by atoms with van der Waals surface area (Å²) in [5.41, 5.74) is 2.16. The van der Waals surface area contributed by atoms with Crippen molar-refractivity contribution in [2.75, 3.05) is 6.54 Å². The minimum absolute atomic E-state index is 0.303. The topological polar surface area (TPSA) is 41.5 Å². The van der Waals surface area contributed by atoms with Crippen molar-refractivity contribution in [3.63, 3.8) is 0 Å². The first-order valence-corrected chi connectivity index (χ1v) is 7.18. The second kappa shape index (κ2) is 6.51. The van der Waals surface area contributed by atoms with E-state index in [2.05, 4.69) is 19.2 Å². The molecule has 0 aromatic heterocycles. The van der Waals surface area contributed by atoms with Gasteiger partial charge in [-0.15, -0.1) is 0 Å². The van der Waals surface area contributed by atoms with Crippen molar-refractivity contribution in [1.82, 2.24) is 5.32 Å². The fourth-order valence-corrected chi connectivity index (χ4v) is 2.92. The average molecular weight is 263 g/mol. The highest BCUT2D eigenvalue weighted by atomic mass is 16.5. The molecule has 19 heavy (non-hydrogen) atoms. The van der Waals surface area contributed by atoms with Crippen molar-refractivity contribution in [3.8, 4) is 0 Å². The molecule has 0 amide bonds. The second-order valence-corrected chi connectivity index (χ2v) is 5.71. The van der Waals surface area contributed by atoms with Crippen LogP contribution in [0.5, 0.6) is 0 Å². The highest BCUT2D eigenvalue weighted by Gasteiger charge is 2.24. The summed E-state index contributed by atoms with van der Waals surface area (Å²) in [6, 6.07) is 8.45. The van der Waals surface area contributed by atoms with Gasteiger partial charge in [0.15, 0.2) is 0 Å². The Morgan fingerprint density at radius 2 is 1.89 bits per heavy atom. The molecule has 1 fully saturated rings. The number of aliphatic hydroxyl groups is 1. The third-order valence-electron chi connectivity index (χ3n) is 3.84. The standard InChI is InChI=1S/C16H25NO2/c1-11-6-4-5-7-15(11)16(18)10-17-14-8-12(2)19-13(3)9-14/h4-7,12-14,16-18H,8-10H2,1-3H3. The fraction of sp³-hybridized carbons (Fsp3) is 0.625. The molecule has 0 spiro atoms. The van der Waals surface area contributed by atoms with E-state index in [0.29, 0.717) is 24.8 Å². The number of aliphatic hydroxyl groups excluding tert-OH is 1. The van der Waals surface area contributed by atoms with Crippen LogP contribution in [0.3, 0.4) is 0 Å². The second-order valence-electron chi connectivity index (χ2n) is 5.71. The summed E-state index contributed by atoms with van der Waals surface area (Å²) >= 11 is 0. The van der Waals surface area contributed by atoms with Gasteiger partial charge in [-0.25, -0.2) is 0 Å². The maximum atomic E-state index is 10.3. The van der Waals surface area contributed by atoms with E-state index >= 15 is 0 Å². The number of hydrogen-bond donors (Lipinski definition) is 2. The quantitative estimate of drug-likeness (QED) is 0.877. The normalized spacial score (nSPS) is 29.2. The van der Waals surface area contributed by atoms with Gasteiger partial charge in [-0.3, -0.25) is 0 Å². The molecule has 1 aliphatic rings. The van der Waals surface area contributed by atoms with Gasteiger partial charge in [0.2, 0.25) is 0 Å². The molecule has 0 saturated carbocycles. The van der Waals surface area contributed by atoms with Gasteiger partial charge in [-0.05, 0) is 44.7 Å². The Hall–Kier alpha value is -0.900. The van der Waals surface area contributed by atoms with Crippen molar-refractivity contribution in [2.45, 2.75) is 58.0 Å². The Kier molecular flexibility index (Phi) is 4.97. The number of hydrogen-bond acceptors (Lipinski definition) is 3. The molecule has 1 heterocycles. The number of nitrogens with one attached hydrogen (secondary N) is 1. The van der Waals surface area contributed by atoms with Crippen molar-refractivity contribution < 1.29 is 9.84 Å². The summed E-state index contributed by atoms with van der Waals surface area (Å²) in [4.78, 5) is 0. The molecule has 2 N–H and O–H groups in total. The van der Waals surface area contributed by atoms with Crippen LogP contribution in [0.2, 0.25) is 0 Å². The van der Waals surface area contributed by atoms with Gasteiger partial charge in [0, 0.05) is 12.6 Å². The average Bonchev–Trinajstić information content (AvgIpc) is 2.35. The third-order valence-corrected chi connectivity index (χ3v) is 3.84. The lowest BCUT2D eigenvalue weighted by atomic mass is 9.98. The monoisotopic (exact) mass is 263 g/mol. The lowest BCUT2D eigenvalue weighted by Crippen LogP contribution is -2.42. The van der Waals surface area contributed by atoms with Crippen LogP contribution in [-0.4, -0.2) is 29.9 Å². The molecule has 1 aliphatic heterocycles. The van der Waals surface area contributed by atoms with Gasteiger partial charge < -0.3 is 15.2 Å². The Morgan fingerprint density at radius 1 is 1.26 bits per heavy atom. The molecule has 2 rings (SSSR count). The molecular formula is C16H25NO2. The van der Waals surface area contributed by atoms with Crippen LogP contribution in [-0.2, 0) is 4.74 Å². The zero-order valence-electron chi connectivity index (χ0n) is 12.1. The van der Waals surface area contributed by atoms with Crippen LogP contribution in [0.25, 0.3) is 0 Å². The summed E-state index contributed by atoms with van der Waals surface area (Å²) in [5, 5.41) is 13.7. The minimum Gasteiger partial charge on any atom is -0.387 e. The number of ether oxygens (including phenoxy) is 1. The van der Waals surface area contributed by atoms with Crippen LogP contribution in [0.1, 0.15) is 43.9 Å². The lowest BCUT2D eigenvalue weighted by Gasteiger charge is -2.33. The van der Waals surface area contributed by atoms with Crippen LogP contribution in [0, 0.1) is 6.92 Å². The van der Waals surface area contributed by atoms with Crippen LogP contribution < -0.4 is 5.32 Å². The van der Waals surface area contributed by atoms with Gasteiger partial charge in [-0.2, -0.15) is 0 Å². The molecule has 3 heteroatoms. The molecule has 3 atom stereocenters. The summed E-state index contributed by atoms with van der Waals surface area (Å²) in [6.07, 6.45) is 2.21. The number of rotatable bonds is 4. The summed E-state index contributed by atoms with van der Waals surface area (Å²) < 4.78 is 5.72.